The van der Waals surface area contributed by atoms with Gasteiger partial charge in [0.1, 0.15) is 11.6 Å². The number of carbonyl (C=O) groups excluding carboxylic acids is 2. The second-order valence-corrected chi connectivity index (χ2v) is 33.8. The topological polar surface area (TPSA) is 576 Å². The number of Topliss-reactive ketones (excluding diaryl/α,β-unsaturated/α-hetero) is 2. The summed E-state index contributed by atoms with van der Waals surface area (Å²) >= 11 is -0.826. The summed E-state index contributed by atoms with van der Waals surface area (Å²) in [6, 6.07) is 23.3. The number of halogens is 11. The first-order valence-electron chi connectivity index (χ1n) is 35.7. The van der Waals surface area contributed by atoms with E-state index >= 15 is 0 Å². The molecule has 0 spiro atoms. The number of rotatable bonds is 18. The van der Waals surface area contributed by atoms with Crippen molar-refractivity contribution in [2.75, 3.05) is 34.2 Å². The third kappa shape index (κ3) is 25.5. The number of aryl methyl sites for hydroxylation is 5. The number of aliphatic hydroxyl groups is 1. The van der Waals surface area contributed by atoms with Gasteiger partial charge in [-0.2, -0.15) is 67.9 Å². The zero-order valence-electron chi connectivity index (χ0n) is 66.1. The molecule has 5 fully saturated rings. The molecule has 7 N–H and O–H groups in total. The summed E-state index contributed by atoms with van der Waals surface area (Å²) in [5.74, 6) is -1.42. The number of nitro groups is 4. The van der Waals surface area contributed by atoms with Crippen LogP contribution >= 0.6 is 17.8 Å². The Morgan fingerprint density at radius 3 is 1.05 bits per heavy atom. The summed E-state index contributed by atoms with van der Waals surface area (Å²) in [7, 11) is 10.4. The summed E-state index contributed by atoms with van der Waals surface area (Å²) in [6.45, 7) is 8.34. The molecule has 676 valence electrons. The molecule has 14 rings (SSSR count). The summed E-state index contributed by atoms with van der Waals surface area (Å²) in [4.78, 5) is 89.0. The standard InChI is InChI=1S/C15H14F3N3O4.C15H16F3N3O2.C14H12F3N3O4.C13H11N3O4.C8H9N3O3.C5H6O3.C2H6O4S.CH4.2ClH.Sn/c1-8-3-4-9(5-11(8)21(22)23)12-19-13(25-20-12)10-6-14(7-10,24-2)15(16,17)18;1-8-3-4-9(5-11(8)19)12-20-13(23-21-12)10-6-14(7-10,22-2)15(16,17)18;1-7-2-3-8(4-10(7)20(22)23)11-18-12(24-19-11)9-5-13(21,6-9)14(15,16)17;1-7-2-3-8(6-11(7)16(18)19)12-14-13(20-15-12)9-4-10(17)5-9;1-5-2-3-6(8(9)10-12)4-7(5)11(13)14;6-4-1-3(2-4)5(7)8;1-5-7(3,4)6-2;;;;/h3-5,10H,6-7H2,1-2H3;3-5,10H,6-7,19H2,1-2H3;2-4,9,21H,5-6H2,1H3;2-3,6,9H,4-5H2,1H3;2-4,12H,1H3,(H2,9,10);3H,1-2H2,(H,7,8);1-2H3;1H4;2*1H;/q;;;;;;;;;;+2/p-2. The Morgan fingerprint density at radius 2 is 0.800 bits per heavy atom. The number of anilines is 1. The fraction of sp³-hybridized carbons (Fsp3) is 0.425. The van der Waals surface area contributed by atoms with E-state index < -0.39 is 121 Å². The van der Waals surface area contributed by atoms with Gasteiger partial charge in [-0.3, -0.25) is 63.2 Å². The van der Waals surface area contributed by atoms with Gasteiger partial charge in [0, 0.05) is 138 Å². The Morgan fingerprint density at radius 1 is 0.512 bits per heavy atom. The van der Waals surface area contributed by atoms with Gasteiger partial charge in [-0.05, 0) is 84.8 Å². The van der Waals surface area contributed by atoms with Crippen LogP contribution in [0.25, 0.3) is 45.6 Å². The van der Waals surface area contributed by atoms with Gasteiger partial charge in [0.2, 0.25) is 46.9 Å². The van der Waals surface area contributed by atoms with Gasteiger partial charge in [0.15, 0.2) is 22.6 Å². The number of nitrogens with two attached hydrogens (primary N) is 2. The Bertz CT molecular complexity index is 5480. The number of benzene rings is 5. The molecule has 5 aliphatic carbocycles. The van der Waals surface area contributed by atoms with Crippen LogP contribution in [0.2, 0.25) is 0 Å². The van der Waals surface area contributed by atoms with E-state index in [1.807, 2.05) is 13.0 Å². The fourth-order valence-electron chi connectivity index (χ4n) is 12.1. The number of nitrogens with zero attached hydrogens (tertiary/aromatic N) is 13. The van der Waals surface area contributed by atoms with E-state index in [2.05, 4.69) is 63.6 Å². The van der Waals surface area contributed by atoms with Crippen molar-refractivity contribution in [1.29, 1.82) is 0 Å². The number of nitro benzene ring substituents is 4. The van der Waals surface area contributed by atoms with Crippen LogP contribution in [0.15, 0.2) is 114 Å². The molecule has 0 saturated heterocycles. The SMILES string of the molecule is C.COC1(C(F)(F)F)CC(c2nc(-c3ccc(C)c(N)c3)no2)C1.COC1(C(F)(F)F)CC(c2nc(-c3ccc(C)c([N+](=O)[O-])c3)no2)C1.COS(=O)(=O)OC.Cc1ccc(-c2noc(C3CC(=O)C3)n2)cc1[N+](=O)[O-].Cc1ccc(-c2noc(C3CC(O)(C(F)(F)F)C3)n2)cc1[N+](=O)[O-].Cc1ccc(/C(N)=N/O)cc1[N+](=O)[O-].O=C1CC(C(=O)O)C1.[Cl][Sn][Cl]. The number of hydrogen-bond donors (Lipinski definition) is 5. The van der Waals surface area contributed by atoms with Crippen LogP contribution < -0.4 is 11.5 Å². The molecule has 5 aliphatic rings. The molecular weight excluding hydrogens is 1860 g/mol. The summed E-state index contributed by atoms with van der Waals surface area (Å²) in [5.41, 5.74) is 9.63. The Kier molecular flexibility index (Phi) is 34.9. The third-order valence-corrected chi connectivity index (χ3v) is 20.8. The Hall–Kier alpha value is -11.4. The summed E-state index contributed by atoms with van der Waals surface area (Å²) < 4.78 is 173. The molecule has 0 amide bonds. The van der Waals surface area contributed by atoms with Crippen LogP contribution in [0, 0.1) is 81.0 Å². The summed E-state index contributed by atoms with van der Waals surface area (Å²) in [5, 5.41) is 87.2. The number of carbonyl (C=O) groups is 3. The molecule has 4 heterocycles. The van der Waals surface area contributed by atoms with Gasteiger partial charge in [-0.1, -0.05) is 93.9 Å². The molecule has 52 heteroatoms. The van der Waals surface area contributed by atoms with E-state index in [-0.39, 0.29) is 127 Å². The number of amidine groups is 1. The Labute approximate surface area is 719 Å². The number of aliphatic carboxylic acids is 1. The van der Waals surface area contributed by atoms with E-state index in [0.717, 1.165) is 34.0 Å². The molecule has 0 atom stereocenters. The number of methoxy groups -OCH3 is 2. The normalized spacial score (nSPS) is 19.5. The molecule has 39 nitrogen and oxygen atoms in total. The minimum atomic E-state index is -4.70. The number of oxime groups is 1. The first-order valence-corrected chi connectivity index (χ1v) is 44.2. The maximum atomic E-state index is 13.0. The first kappa shape index (κ1) is 102. The van der Waals surface area contributed by atoms with Crippen LogP contribution in [0.5, 0.6) is 0 Å². The number of ether oxygens (including phenoxy) is 2. The van der Waals surface area contributed by atoms with E-state index in [9.17, 15) is 108 Å². The van der Waals surface area contributed by atoms with Gasteiger partial charge >= 0.3 is 71.6 Å². The molecule has 9 aromatic rings. The van der Waals surface area contributed by atoms with Crippen molar-refractivity contribution >= 4 is 98.9 Å². The number of alkyl halides is 9. The molecule has 0 unspecified atom stereocenters. The van der Waals surface area contributed by atoms with Crippen LogP contribution in [0.4, 0.5) is 68.0 Å². The van der Waals surface area contributed by atoms with Crippen molar-refractivity contribution in [3.05, 3.63) is 188 Å². The summed E-state index contributed by atoms with van der Waals surface area (Å²) in [6.07, 6.45) is -14.4. The van der Waals surface area contributed by atoms with Crippen LogP contribution in [0.3, 0.4) is 0 Å². The monoisotopic (exact) mass is 1940 g/mol. The molecule has 0 bridgehead atoms. The van der Waals surface area contributed by atoms with Crippen molar-refractivity contribution in [2.24, 2.45) is 16.8 Å². The fourth-order valence-corrected chi connectivity index (χ4v) is 12.3. The average Bonchev–Trinajstić information content (AvgIpc) is 1.74. The maximum absolute atomic E-state index is 13.0. The first-order chi connectivity index (χ1) is 57.9. The predicted octanol–water partition coefficient (Wildman–Crippen LogP) is 15.0. The number of hydrogen-bond acceptors (Lipinski definition) is 33. The average molecular weight is 1940 g/mol. The Balaban J connectivity index is 0.000000231. The third-order valence-electron chi connectivity index (χ3n) is 20.0. The van der Waals surface area contributed by atoms with E-state index in [0.29, 0.717) is 86.1 Å². The second-order valence-electron chi connectivity index (χ2n) is 28.1. The molecule has 4 aromatic heterocycles. The van der Waals surface area contributed by atoms with Gasteiger partial charge in [0.25, 0.3) is 22.7 Å². The second kappa shape index (κ2) is 42.6. The number of carboxylic acids is 1. The van der Waals surface area contributed by atoms with Gasteiger partial charge in [0.05, 0.1) is 45.7 Å². The van der Waals surface area contributed by atoms with Crippen molar-refractivity contribution in [3.63, 3.8) is 0 Å². The zero-order chi connectivity index (χ0) is 92.7. The number of nitrogen functional groups attached to an aromatic ring is 1. The molecule has 0 aliphatic heterocycles. The van der Waals surface area contributed by atoms with E-state index in [1.54, 1.807) is 82.3 Å². The number of aromatic nitrogens is 8. The zero-order valence-corrected chi connectivity index (χ0v) is 71.2. The quantitative estimate of drug-likeness (QED) is 0.00778. The van der Waals surface area contributed by atoms with Crippen molar-refractivity contribution in [2.45, 2.75) is 165 Å². The molecule has 5 aromatic carbocycles. The van der Waals surface area contributed by atoms with E-state index in [4.69, 9.17) is 57.7 Å². The van der Waals surface area contributed by atoms with Crippen molar-refractivity contribution < 1.29 is 133 Å². The van der Waals surface area contributed by atoms with Crippen LogP contribution in [-0.4, -0.2) is 190 Å². The van der Waals surface area contributed by atoms with Crippen LogP contribution in [0.1, 0.15) is 152 Å². The molecule has 5 saturated carbocycles. The number of ketones is 2. The van der Waals surface area contributed by atoms with E-state index in [1.165, 1.54) is 30.3 Å². The molecule has 125 heavy (non-hydrogen) atoms. The van der Waals surface area contributed by atoms with Crippen molar-refractivity contribution in [1.82, 2.24) is 40.6 Å². The minimum absolute atomic E-state index is 0. The van der Waals surface area contributed by atoms with Gasteiger partial charge in [-0.25, -0.2) is 0 Å². The van der Waals surface area contributed by atoms with Gasteiger partial charge < -0.3 is 54.5 Å². The predicted molar refractivity (Wildman–Crippen MR) is 421 cm³/mol. The van der Waals surface area contributed by atoms with Crippen LogP contribution in [-0.2, 0) is 42.6 Å². The van der Waals surface area contributed by atoms with Gasteiger partial charge in [-0.15, -0.1) is 0 Å². The van der Waals surface area contributed by atoms with Crippen molar-refractivity contribution in [3.8, 4) is 45.6 Å². The number of carboxylic acid groups (broad SMARTS) is 1. The molecule has 2 radical (unpaired) electrons. The molecular formula is C73H78Cl2F9N15O24SSn.